The lowest BCUT2D eigenvalue weighted by molar-refractivity contribution is 0.0698. The Labute approximate surface area is 116 Å². The standard InChI is InChI=1S/C14H18N2O4/c1-9-15-12-5-3-4-11(14(18)19)13(12)16(9)10(6-7-17)8-20-2/h3-5,10,17H,6-8H2,1-2H3,(H,18,19). The first-order valence-corrected chi connectivity index (χ1v) is 6.40. The number of rotatable bonds is 6. The molecule has 0 radical (unpaired) electrons. The molecule has 0 aliphatic carbocycles. The lowest BCUT2D eigenvalue weighted by atomic mass is 10.1. The molecule has 0 aliphatic heterocycles. The van der Waals surface area contributed by atoms with Gasteiger partial charge in [0.2, 0.25) is 0 Å². The number of para-hydroxylation sites is 1. The summed E-state index contributed by atoms with van der Waals surface area (Å²) in [6.07, 6.45) is 0.480. The van der Waals surface area contributed by atoms with E-state index in [-0.39, 0.29) is 18.2 Å². The number of carboxylic acid groups (broad SMARTS) is 1. The molecule has 0 amide bonds. The molecule has 2 N–H and O–H groups in total. The molecule has 0 fully saturated rings. The molecule has 20 heavy (non-hydrogen) atoms. The molecule has 1 atom stereocenters. The Morgan fingerprint density at radius 1 is 1.50 bits per heavy atom. The topological polar surface area (TPSA) is 84.6 Å². The van der Waals surface area contributed by atoms with E-state index < -0.39 is 5.97 Å². The molecule has 1 heterocycles. The van der Waals surface area contributed by atoms with Crippen LogP contribution in [0.15, 0.2) is 18.2 Å². The number of methoxy groups -OCH3 is 1. The molecule has 1 aromatic carbocycles. The van der Waals surface area contributed by atoms with Gasteiger partial charge < -0.3 is 19.5 Å². The number of ether oxygens (including phenoxy) is 1. The van der Waals surface area contributed by atoms with Crippen molar-refractivity contribution in [3.8, 4) is 0 Å². The Morgan fingerprint density at radius 3 is 2.85 bits per heavy atom. The maximum absolute atomic E-state index is 11.4. The molecule has 0 spiro atoms. The molecule has 1 unspecified atom stereocenters. The van der Waals surface area contributed by atoms with Crippen LogP contribution in [0.3, 0.4) is 0 Å². The number of nitrogens with zero attached hydrogens (tertiary/aromatic N) is 2. The van der Waals surface area contributed by atoms with Gasteiger partial charge in [-0.05, 0) is 25.5 Å². The molecule has 108 valence electrons. The first-order chi connectivity index (χ1) is 9.60. The average molecular weight is 278 g/mol. The first kappa shape index (κ1) is 14.5. The number of aromatic carboxylic acids is 1. The normalized spacial score (nSPS) is 12.8. The minimum atomic E-state index is -0.989. The van der Waals surface area contributed by atoms with E-state index in [0.717, 1.165) is 0 Å². The van der Waals surface area contributed by atoms with Crippen LogP contribution >= 0.6 is 0 Å². The van der Waals surface area contributed by atoms with Crippen LogP contribution in [0.1, 0.15) is 28.6 Å². The summed E-state index contributed by atoms with van der Waals surface area (Å²) in [6, 6.07) is 4.88. The summed E-state index contributed by atoms with van der Waals surface area (Å²) in [6.45, 7) is 2.22. The molecule has 1 aromatic heterocycles. The molecule has 0 bridgehead atoms. The number of aliphatic hydroxyl groups is 1. The Morgan fingerprint density at radius 2 is 2.25 bits per heavy atom. The number of fused-ring (bicyclic) bond motifs is 1. The van der Waals surface area contributed by atoms with Gasteiger partial charge in [0.1, 0.15) is 5.82 Å². The van der Waals surface area contributed by atoms with Gasteiger partial charge in [-0.3, -0.25) is 0 Å². The zero-order valence-corrected chi connectivity index (χ0v) is 11.5. The number of benzene rings is 1. The zero-order valence-electron chi connectivity index (χ0n) is 11.5. The van der Waals surface area contributed by atoms with Crippen molar-refractivity contribution in [1.29, 1.82) is 0 Å². The number of hydrogen-bond donors (Lipinski definition) is 2. The van der Waals surface area contributed by atoms with Crippen molar-refractivity contribution in [3.63, 3.8) is 0 Å². The van der Waals surface area contributed by atoms with E-state index in [0.29, 0.717) is 29.9 Å². The molecule has 0 aliphatic rings. The molecule has 0 saturated heterocycles. The molecule has 6 heteroatoms. The second-order valence-corrected chi connectivity index (χ2v) is 4.63. The smallest absolute Gasteiger partial charge is 0.337 e. The molecule has 2 rings (SSSR count). The summed E-state index contributed by atoms with van der Waals surface area (Å²) in [5, 5.41) is 18.5. The van der Waals surface area contributed by atoms with E-state index in [1.807, 2.05) is 11.5 Å². The highest BCUT2D eigenvalue weighted by Crippen LogP contribution is 2.26. The van der Waals surface area contributed by atoms with Crippen LogP contribution in [-0.4, -0.2) is 46.1 Å². The van der Waals surface area contributed by atoms with Gasteiger partial charge >= 0.3 is 5.97 Å². The van der Waals surface area contributed by atoms with Crippen LogP contribution in [0.2, 0.25) is 0 Å². The largest absolute Gasteiger partial charge is 0.478 e. The number of hydrogen-bond acceptors (Lipinski definition) is 4. The molecular formula is C14H18N2O4. The summed E-state index contributed by atoms with van der Waals surface area (Å²) in [5.74, 6) is -0.277. The summed E-state index contributed by atoms with van der Waals surface area (Å²) in [4.78, 5) is 15.8. The maximum Gasteiger partial charge on any atom is 0.337 e. The summed E-state index contributed by atoms with van der Waals surface area (Å²) in [7, 11) is 1.58. The van der Waals surface area contributed by atoms with Crippen molar-refractivity contribution in [3.05, 3.63) is 29.6 Å². The Hall–Kier alpha value is -1.92. The minimum Gasteiger partial charge on any atom is -0.478 e. The molecule has 0 saturated carbocycles. The number of aryl methyl sites for hydroxylation is 1. The fraction of sp³-hybridized carbons (Fsp3) is 0.429. The number of aliphatic hydroxyl groups excluding tert-OH is 1. The first-order valence-electron chi connectivity index (χ1n) is 6.40. The highest BCUT2D eigenvalue weighted by atomic mass is 16.5. The fourth-order valence-electron chi connectivity index (χ4n) is 2.51. The monoisotopic (exact) mass is 278 g/mol. The van der Waals surface area contributed by atoms with Gasteiger partial charge in [-0.2, -0.15) is 0 Å². The number of imidazole rings is 1. The van der Waals surface area contributed by atoms with Gasteiger partial charge in [0.25, 0.3) is 0 Å². The van der Waals surface area contributed by atoms with Crippen LogP contribution in [-0.2, 0) is 4.74 Å². The van der Waals surface area contributed by atoms with E-state index >= 15 is 0 Å². The predicted octanol–water partition coefficient (Wildman–Crippen LogP) is 1.61. The van der Waals surface area contributed by atoms with E-state index in [1.54, 1.807) is 25.3 Å². The van der Waals surface area contributed by atoms with E-state index in [1.165, 1.54) is 0 Å². The number of aromatic nitrogens is 2. The third kappa shape index (κ3) is 2.52. The van der Waals surface area contributed by atoms with E-state index in [2.05, 4.69) is 4.98 Å². The second kappa shape index (κ2) is 6.02. The van der Waals surface area contributed by atoms with Gasteiger partial charge in [-0.25, -0.2) is 9.78 Å². The number of carboxylic acids is 1. The van der Waals surface area contributed by atoms with Crippen LogP contribution in [0.4, 0.5) is 0 Å². The predicted molar refractivity (Wildman–Crippen MR) is 74.0 cm³/mol. The maximum atomic E-state index is 11.4. The zero-order chi connectivity index (χ0) is 14.7. The highest BCUT2D eigenvalue weighted by Gasteiger charge is 2.21. The average Bonchev–Trinajstić information content (AvgIpc) is 2.74. The van der Waals surface area contributed by atoms with Crippen molar-refractivity contribution in [1.82, 2.24) is 9.55 Å². The SMILES string of the molecule is COCC(CCO)n1c(C)nc2cccc(C(=O)O)c21. The lowest BCUT2D eigenvalue weighted by Crippen LogP contribution is -2.18. The van der Waals surface area contributed by atoms with Gasteiger partial charge in [-0.15, -0.1) is 0 Å². The van der Waals surface area contributed by atoms with Crippen LogP contribution in [0, 0.1) is 6.92 Å². The minimum absolute atomic E-state index is 0.00236. The van der Waals surface area contributed by atoms with Gasteiger partial charge in [0.15, 0.2) is 0 Å². The van der Waals surface area contributed by atoms with Crippen molar-refractivity contribution >= 4 is 17.0 Å². The molecule has 6 nitrogen and oxygen atoms in total. The van der Waals surface area contributed by atoms with Crippen molar-refractivity contribution in [2.45, 2.75) is 19.4 Å². The van der Waals surface area contributed by atoms with Crippen LogP contribution < -0.4 is 0 Å². The van der Waals surface area contributed by atoms with E-state index in [4.69, 9.17) is 4.74 Å². The van der Waals surface area contributed by atoms with Crippen molar-refractivity contribution in [2.75, 3.05) is 20.3 Å². The fourth-order valence-corrected chi connectivity index (χ4v) is 2.51. The van der Waals surface area contributed by atoms with Gasteiger partial charge in [-0.1, -0.05) is 6.07 Å². The third-order valence-electron chi connectivity index (χ3n) is 3.30. The Kier molecular flexibility index (Phi) is 4.36. The van der Waals surface area contributed by atoms with Gasteiger partial charge in [0.05, 0.1) is 29.2 Å². The van der Waals surface area contributed by atoms with Crippen molar-refractivity contribution < 1.29 is 19.7 Å². The Balaban J connectivity index is 2.66. The van der Waals surface area contributed by atoms with Gasteiger partial charge in [0, 0.05) is 13.7 Å². The number of carbonyl (C=O) groups is 1. The third-order valence-corrected chi connectivity index (χ3v) is 3.30. The quantitative estimate of drug-likeness (QED) is 0.838. The Bertz CT molecular complexity index is 615. The molecule has 2 aromatic rings. The summed E-state index contributed by atoms with van der Waals surface area (Å²) < 4.78 is 7.02. The molecular weight excluding hydrogens is 260 g/mol. The summed E-state index contributed by atoms with van der Waals surface area (Å²) in [5.41, 5.74) is 1.43. The summed E-state index contributed by atoms with van der Waals surface area (Å²) >= 11 is 0. The second-order valence-electron chi connectivity index (χ2n) is 4.63. The highest BCUT2D eigenvalue weighted by molar-refractivity contribution is 6.01. The van der Waals surface area contributed by atoms with Crippen LogP contribution in [0.25, 0.3) is 11.0 Å². The van der Waals surface area contributed by atoms with Crippen LogP contribution in [0.5, 0.6) is 0 Å². The van der Waals surface area contributed by atoms with Crippen molar-refractivity contribution in [2.24, 2.45) is 0 Å². The van der Waals surface area contributed by atoms with E-state index in [9.17, 15) is 15.0 Å². The lowest BCUT2D eigenvalue weighted by Gasteiger charge is -2.20.